The molecule has 3 rings (SSSR count). The zero-order valence-electron chi connectivity index (χ0n) is 13.4. The number of methoxy groups -OCH3 is 1. The fourth-order valence-electron chi connectivity index (χ4n) is 2.47. The number of ketones is 1. The number of allylic oxidation sites excluding steroid dienone is 1. The molecule has 1 heterocycles. The van der Waals surface area contributed by atoms with Crippen LogP contribution in [-0.4, -0.2) is 22.9 Å². The van der Waals surface area contributed by atoms with Gasteiger partial charge in [0.05, 0.1) is 18.0 Å². The maximum atomic E-state index is 12.4. The van der Waals surface area contributed by atoms with Crippen LogP contribution in [0.15, 0.2) is 53.3 Å². The summed E-state index contributed by atoms with van der Waals surface area (Å²) in [5.41, 5.74) is 1.57. The van der Waals surface area contributed by atoms with Crippen LogP contribution in [0, 0.1) is 6.92 Å². The molecule has 0 radical (unpaired) electrons. The van der Waals surface area contributed by atoms with Gasteiger partial charge in [-0.15, -0.1) is 0 Å². The number of hydrogen-bond donors (Lipinski definition) is 1. The SMILES string of the molecule is COc1ccccc1/C=C/C(=O)c1ccc2nc(C)[nH]c(=O)c2c1. The van der Waals surface area contributed by atoms with Gasteiger partial charge in [0.1, 0.15) is 11.6 Å². The minimum absolute atomic E-state index is 0.192. The van der Waals surface area contributed by atoms with E-state index in [1.54, 1.807) is 38.3 Å². The molecule has 0 amide bonds. The highest BCUT2D eigenvalue weighted by molar-refractivity contribution is 6.08. The van der Waals surface area contributed by atoms with Crippen molar-refractivity contribution >= 4 is 22.8 Å². The van der Waals surface area contributed by atoms with Crippen LogP contribution in [-0.2, 0) is 0 Å². The smallest absolute Gasteiger partial charge is 0.258 e. The number of nitrogens with one attached hydrogen (secondary N) is 1. The van der Waals surface area contributed by atoms with Crippen molar-refractivity contribution in [3.63, 3.8) is 0 Å². The molecular formula is C19H16N2O3. The number of H-pyrrole nitrogens is 1. The van der Waals surface area contributed by atoms with Crippen LogP contribution >= 0.6 is 0 Å². The van der Waals surface area contributed by atoms with Gasteiger partial charge in [-0.1, -0.05) is 18.2 Å². The van der Waals surface area contributed by atoms with E-state index in [0.29, 0.717) is 28.0 Å². The van der Waals surface area contributed by atoms with Crippen molar-refractivity contribution in [1.82, 2.24) is 9.97 Å². The van der Waals surface area contributed by atoms with Crippen molar-refractivity contribution in [2.75, 3.05) is 7.11 Å². The average molecular weight is 320 g/mol. The summed E-state index contributed by atoms with van der Waals surface area (Å²) in [6.07, 6.45) is 3.16. The zero-order valence-corrected chi connectivity index (χ0v) is 13.4. The number of hydrogen-bond acceptors (Lipinski definition) is 4. The van der Waals surface area contributed by atoms with Gasteiger partial charge in [-0.2, -0.15) is 0 Å². The Balaban J connectivity index is 1.94. The summed E-state index contributed by atoms with van der Waals surface area (Å²) in [5, 5.41) is 0.400. The van der Waals surface area contributed by atoms with Gasteiger partial charge in [0.25, 0.3) is 5.56 Å². The molecule has 120 valence electrons. The maximum absolute atomic E-state index is 12.4. The third-order valence-corrected chi connectivity index (χ3v) is 3.66. The molecule has 2 aromatic carbocycles. The summed E-state index contributed by atoms with van der Waals surface area (Å²) in [4.78, 5) is 31.3. The zero-order chi connectivity index (χ0) is 17.1. The van der Waals surface area contributed by atoms with Gasteiger partial charge in [-0.3, -0.25) is 9.59 Å². The molecule has 0 saturated carbocycles. The van der Waals surface area contributed by atoms with E-state index >= 15 is 0 Å². The van der Waals surface area contributed by atoms with Crippen LogP contribution in [0.1, 0.15) is 21.7 Å². The number of ether oxygens (including phenoxy) is 1. The number of benzene rings is 2. The highest BCUT2D eigenvalue weighted by Crippen LogP contribution is 2.19. The van der Waals surface area contributed by atoms with Crippen molar-refractivity contribution in [3.8, 4) is 5.75 Å². The summed E-state index contributed by atoms with van der Waals surface area (Å²) in [7, 11) is 1.58. The van der Waals surface area contributed by atoms with Crippen LogP contribution in [0.4, 0.5) is 0 Å². The van der Waals surface area contributed by atoms with Crippen LogP contribution in [0.25, 0.3) is 17.0 Å². The predicted octanol–water partition coefficient (Wildman–Crippen LogP) is 3.14. The molecule has 0 aliphatic carbocycles. The molecule has 5 nitrogen and oxygen atoms in total. The highest BCUT2D eigenvalue weighted by Gasteiger charge is 2.07. The molecule has 1 aromatic heterocycles. The van der Waals surface area contributed by atoms with E-state index in [1.807, 2.05) is 24.3 Å². The Morgan fingerprint density at radius 3 is 2.79 bits per heavy atom. The first-order valence-electron chi connectivity index (χ1n) is 7.44. The number of aryl methyl sites for hydroxylation is 1. The molecule has 0 aliphatic heterocycles. The van der Waals surface area contributed by atoms with E-state index in [0.717, 1.165) is 5.56 Å². The number of aromatic amines is 1. The maximum Gasteiger partial charge on any atom is 0.258 e. The normalized spacial score (nSPS) is 11.1. The predicted molar refractivity (Wildman–Crippen MR) is 93.5 cm³/mol. The second-order valence-corrected chi connectivity index (χ2v) is 5.32. The first-order chi connectivity index (χ1) is 11.6. The molecule has 0 unspecified atom stereocenters. The number of rotatable bonds is 4. The van der Waals surface area contributed by atoms with E-state index in [4.69, 9.17) is 4.74 Å². The lowest BCUT2D eigenvalue weighted by Gasteiger charge is -2.03. The number of aromatic nitrogens is 2. The Kier molecular flexibility index (Phi) is 4.24. The Bertz CT molecular complexity index is 1000. The van der Waals surface area contributed by atoms with Gasteiger partial charge in [0.2, 0.25) is 0 Å². The lowest BCUT2D eigenvalue weighted by molar-refractivity contribution is 0.104. The molecule has 0 saturated heterocycles. The molecule has 0 aliphatic rings. The molecule has 0 fully saturated rings. The summed E-state index contributed by atoms with van der Waals surface area (Å²) in [6.45, 7) is 1.72. The van der Waals surface area contributed by atoms with Gasteiger partial charge < -0.3 is 9.72 Å². The molecular weight excluding hydrogens is 304 g/mol. The number of nitrogens with zero attached hydrogens (tertiary/aromatic N) is 1. The van der Waals surface area contributed by atoms with Crippen molar-refractivity contribution < 1.29 is 9.53 Å². The quantitative estimate of drug-likeness (QED) is 0.592. The molecule has 1 N–H and O–H groups in total. The molecule has 0 atom stereocenters. The number of carbonyl (C=O) groups is 1. The van der Waals surface area contributed by atoms with E-state index in [9.17, 15) is 9.59 Å². The van der Waals surface area contributed by atoms with Gasteiger partial charge in [0, 0.05) is 11.1 Å². The van der Waals surface area contributed by atoms with E-state index in [-0.39, 0.29) is 11.3 Å². The third-order valence-electron chi connectivity index (χ3n) is 3.66. The lowest BCUT2D eigenvalue weighted by atomic mass is 10.1. The molecule has 0 spiro atoms. The Morgan fingerprint density at radius 1 is 1.21 bits per heavy atom. The van der Waals surface area contributed by atoms with E-state index in [1.165, 1.54) is 6.08 Å². The number of fused-ring (bicyclic) bond motifs is 1. The third kappa shape index (κ3) is 3.10. The second-order valence-electron chi connectivity index (χ2n) is 5.32. The van der Waals surface area contributed by atoms with Crippen molar-refractivity contribution in [2.24, 2.45) is 0 Å². The monoisotopic (exact) mass is 320 g/mol. The van der Waals surface area contributed by atoms with Crippen molar-refractivity contribution in [1.29, 1.82) is 0 Å². The standard InChI is InChI=1S/C19H16N2O3/c1-12-20-16-9-7-14(11-15(16)19(23)21-12)17(22)10-8-13-5-3-4-6-18(13)24-2/h3-11H,1-2H3,(H,20,21,23)/b10-8+. The minimum Gasteiger partial charge on any atom is -0.496 e. The average Bonchev–Trinajstić information content (AvgIpc) is 2.59. The molecule has 3 aromatic rings. The van der Waals surface area contributed by atoms with Crippen molar-refractivity contribution in [2.45, 2.75) is 6.92 Å². The summed E-state index contributed by atoms with van der Waals surface area (Å²) < 4.78 is 5.25. The van der Waals surface area contributed by atoms with Crippen molar-refractivity contribution in [3.05, 3.63) is 75.8 Å². The van der Waals surface area contributed by atoms with Crippen LogP contribution in [0.5, 0.6) is 5.75 Å². The summed E-state index contributed by atoms with van der Waals surface area (Å²) in [5.74, 6) is 1.04. The number of carbonyl (C=O) groups excluding carboxylic acids is 1. The Labute approximate surface area is 138 Å². The van der Waals surface area contributed by atoms with Crippen LogP contribution in [0.2, 0.25) is 0 Å². The van der Waals surface area contributed by atoms with Gasteiger partial charge in [-0.25, -0.2) is 4.98 Å². The number of para-hydroxylation sites is 1. The first-order valence-corrected chi connectivity index (χ1v) is 7.44. The fourth-order valence-corrected chi connectivity index (χ4v) is 2.47. The van der Waals surface area contributed by atoms with E-state index in [2.05, 4.69) is 9.97 Å². The fraction of sp³-hybridized carbons (Fsp3) is 0.105. The molecule has 24 heavy (non-hydrogen) atoms. The van der Waals surface area contributed by atoms with Gasteiger partial charge >= 0.3 is 0 Å². The molecule has 0 bridgehead atoms. The van der Waals surface area contributed by atoms with Crippen LogP contribution < -0.4 is 10.3 Å². The lowest BCUT2D eigenvalue weighted by Crippen LogP contribution is -2.10. The second kappa shape index (κ2) is 6.50. The first kappa shape index (κ1) is 15.7. The Morgan fingerprint density at radius 2 is 2.00 bits per heavy atom. The summed E-state index contributed by atoms with van der Waals surface area (Å²) >= 11 is 0. The topological polar surface area (TPSA) is 72.0 Å². The van der Waals surface area contributed by atoms with Crippen LogP contribution in [0.3, 0.4) is 0 Å². The summed E-state index contributed by atoms with van der Waals surface area (Å²) in [6, 6.07) is 12.3. The highest BCUT2D eigenvalue weighted by atomic mass is 16.5. The molecule has 5 heteroatoms. The van der Waals surface area contributed by atoms with E-state index < -0.39 is 0 Å². The van der Waals surface area contributed by atoms with Gasteiger partial charge in [0.15, 0.2) is 5.78 Å². The van der Waals surface area contributed by atoms with Gasteiger partial charge in [-0.05, 0) is 43.3 Å². The Hall–Kier alpha value is -3.21. The largest absolute Gasteiger partial charge is 0.496 e. The minimum atomic E-state index is -0.249.